The molecule has 4 N–H and O–H groups in total. The van der Waals surface area contributed by atoms with E-state index in [1.165, 1.54) is 4.90 Å². The van der Waals surface area contributed by atoms with Crippen molar-refractivity contribution in [3.8, 4) is 0 Å². The molecule has 2 aromatic rings. The van der Waals surface area contributed by atoms with Crippen LogP contribution in [0, 0.1) is 0 Å². The van der Waals surface area contributed by atoms with E-state index in [4.69, 9.17) is 11.5 Å². The Morgan fingerprint density at radius 2 is 1.78 bits per heavy atom. The van der Waals surface area contributed by atoms with Crippen LogP contribution >= 0.6 is 0 Å². The number of nitrogens with two attached hydrogens (primary N) is 2. The standard InChI is InChI=1S/C19H24N6O2/c20-14-5-7-15(8-6-14)25-11-16(22-23-25)19(27)24-10-13-4-2-1-3-12(13)9-17(24)18(21)26/h1-4,11,14-15,17H,5-10,20H2,(H2,21,26). The van der Waals surface area contributed by atoms with Gasteiger partial charge in [-0.25, -0.2) is 4.68 Å². The summed E-state index contributed by atoms with van der Waals surface area (Å²) in [6.07, 6.45) is 5.85. The molecular formula is C19H24N6O2. The third kappa shape index (κ3) is 3.44. The predicted molar refractivity (Wildman–Crippen MR) is 98.5 cm³/mol. The summed E-state index contributed by atoms with van der Waals surface area (Å²) in [5.74, 6) is -0.821. The normalized spacial score (nSPS) is 25.1. The predicted octanol–water partition coefficient (Wildman–Crippen LogP) is 0.773. The fourth-order valence-corrected chi connectivity index (χ4v) is 4.06. The number of carbonyl (C=O) groups excluding carboxylic acids is 2. The first-order chi connectivity index (χ1) is 13.0. The molecule has 1 aromatic heterocycles. The molecule has 1 unspecified atom stereocenters. The second-order valence-corrected chi connectivity index (χ2v) is 7.48. The molecule has 0 radical (unpaired) electrons. The molecule has 2 heterocycles. The van der Waals surface area contributed by atoms with E-state index in [1.807, 2.05) is 24.3 Å². The third-order valence-corrected chi connectivity index (χ3v) is 5.68. The molecule has 8 nitrogen and oxygen atoms in total. The minimum atomic E-state index is -0.676. The summed E-state index contributed by atoms with van der Waals surface area (Å²) < 4.78 is 1.76. The Morgan fingerprint density at radius 3 is 2.48 bits per heavy atom. The molecule has 4 rings (SSSR count). The van der Waals surface area contributed by atoms with Crippen molar-refractivity contribution in [1.82, 2.24) is 19.9 Å². The molecule has 0 saturated heterocycles. The Morgan fingerprint density at radius 1 is 1.07 bits per heavy atom. The van der Waals surface area contributed by atoms with E-state index in [1.54, 1.807) is 10.9 Å². The van der Waals surface area contributed by atoms with Crippen molar-refractivity contribution in [3.05, 3.63) is 47.3 Å². The lowest BCUT2D eigenvalue weighted by Crippen LogP contribution is -2.51. The molecule has 2 amide bonds. The molecule has 8 heteroatoms. The Hall–Kier alpha value is -2.74. The SMILES string of the molecule is NC(=O)C1Cc2ccccc2CN1C(=O)c1cn(C2CCC(N)CC2)nn1. The molecule has 27 heavy (non-hydrogen) atoms. The van der Waals surface area contributed by atoms with Gasteiger partial charge in [-0.1, -0.05) is 29.5 Å². The van der Waals surface area contributed by atoms with Crippen LogP contribution in [-0.2, 0) is 17.8 Å². The summed E-state index contributed by atoms with van der Waals surface area (Å²) in [4.78, 5) is 26.5. The van der Waals surface area contributed by atoms with E-state index < -0.39 is 11.9 Å². The van der Waals surface area contributed by atoms with Gasteiger partial charge in [0.15, 0.2) is 5.69 Å². The van der Waals surface area contributed by atoms with Crippen molar-refractivity contribution in [2.45, 2.75) is 56.8 Å². The number of primary amides is 1. The number of amides is 2. The molecule has 0 spiro atoms. The highest BCUT2D eigenvalue weighted by Crippen LogP contribution is 2.28. The third-order valence-electron chi connectivity index (χ3n) is 5.68. The quantitative estimate of drug-likeness (QED) is 0.829. The number of nitrogens with zero attached hydrogens (tertiary/aromatic N) is 4. The van der Waals surface area contributed by atoms with Gasteiger partial charge in [0.25, 0.3) is 5.91 Å². The number of fused-ring (bicyclic) bond motifs is 1. The Balaban J connectivity index is 1.55. The van der Waals surface area contributed by atoms with E-state index in [9.17, 15) is 9.59 Å². The largest absolute Gasteiger partial charge is 0.368 e. The number of rotatable bonds is 3. The van der Waals surface area contributed by atoms with E-state index in [2.05, 4.69) is 10.3 Å². The highest BCUT2D eigenvalue weighted by Gasteiger charge is 2.35. The van der Waals surface area contributed by atoms with E-state index in [0.717, 1.165) is 36.8 Å². The zero-order valence-electron chi connectivity index (χ0n) is 15.1. The second-order valence-electron chi connectivity index (χ2n) is 7.48. The average molecular weight is 368 g/mol. The first kappa shape index (κ1) is 17.7. The van der Waals surface area contributed by atoms with E-state index in [0.29, 0.717) is 13.0 Å². The molecule has 1 atom stereocenters. The number of hydrogen-bond acceptors (Lipinski definition) is 5. The molecular weight excluding hydrogens is 344 g/mol. The average Bonchev–Trinajstić information content (AvgIpc) is 3.17. The van der Waals surface area contributed by atoms with Crippen LogP contribution in [0.25, 0.3) is 0 Å². The van der Waals surface area contributed by atoms with Gasteiger partial charge in [0.05, 0.1) is 12.2 Å². The summed E-state index contributed by atoms with van der Waals surface area (Å²) in [6, 6.07) is 7.58. The Kier molecular flexibility index (Phi) is 4.65. The molecule has 2 aliphatic rings. The fourth-order valence-electron chi connectivity index (χ4n) is 4.06. The van der Waals surface area contributed by atoms with Gasteiger partial charge in [-0.2, -0.15) is 0 Å². The highest BCUT2D eigenvalue weighted by molar-refractivity contribution is 5.96. The van der Waals surface area contributed by atoms with Crippen LogP contribution in [0.5, 0.6) is 0 Å². The summed E-state index contributed by atoms with van der Waals surface area (Å²) in [7, 11) is 0. The van der Waals surface area contributed by atoms with Crippen LogP contribution < -0.4 is 11.5 Å². The monoisotopic (exact) mass is 368 g/mol. The molecule has 1 aliphatic heterocycles. The lowest BCUT2D eigenvalue weighted by Gasteiger charge is -2.34. The first-order valence-corrected chi connectivity index (χ1v) is 9.37. The summed E-state index contributed by atoms with van der Waals surface area (Å²) in [6.45, 7) is 0.341. The summed E-state index contributed by atoms with van der Waals surface area (Å²) in [5, 5.41) is 8.23. The summed E-state index contributed by atoms with van der Waals surface area (Å²) in [5.41, 5.74) is 13.9. The van der Waals surface area contributed by atoms with Crippen LogP contribution in [0.15, 0.2) is 30.5 Å². The minimum Gasteiger partial charge on any atom is -0.368 e. The van der Waals surface area contributed by atoms with Crippen molar-refractivity contribution in [2.75, 3.05) is 0 Å². The topological polar surface area (TPSA) is 120 Å². The van der Waals surface area contributed by atoms with Gasteiger partial charge in [-0.15, -0.1) is 5.10 Å². The fraction of sp³-hybridized carbons (Fsp3) is 0.474. The molecule has 1 saturated carbocycles. The molecule has 142 valence electrons. The van der Waals surface area contributed by atoms with E-state index in [-0.39, 0.29) is 23.7 Å². The number of hydrogen-bond donors (Lipinski definition) is 2. The Bertz CT molecular complexity index is 855. The van der Waals surface area contributed by atoms with Crippen molar-refractivity contribution in [1.29, 1.82) is 0 Å². The first-order valence-electron chi connectivity index (χ1n) is 9.37. The van der Waals surface area contributed by atoms with Gasteiger partial charge in [0.2, 0.25) is 5.91 Å². The van der Waals surface area contributed by atoms with Gasteiger partial charge in [-0.3, -0.25) is 9.59 Å². The van der Waals surface area contributed by atoms with Gasteiger partial charge in [0.1, 0.15) is 6.04 Å². The molecule has 0 bridgehead atoms. The smallest absolute Gasteiger partial charge is 0.277 e. The van der Waals surface area contributed by atoms with Crippen molar-refractivity contribution >= 4 is 11.8 Å². The molecule has 1 aromatic carbocycles. The van der Waals surface area contributed by atoms with Crippen molar-refractivity contribution in [2.24, 2.45) is 11.5 Å². The van der Waals surface area contributed by atoms with Crippen molar-refractivity contribution in [3.63, 3.8) is 0 Å². The van der Waals surface area contributed by atoms with Crippen LogP contribution in [0.1, 0.15) is 53.3 Å². The molecule has 1 aliphatic carbocycles. The van der Waals surface area contributed by atoms with Crippen LogP contribution in [0.3, 0.4) is 0 Å². The number of aromatic nitrogens is 3. The van der Waals surface area contributed by atoms with Gasteiger partial charge in [0, 0.05) is 19.0 Å². The zero-order chi connectivity index (χ0) is 19.0. The molecule has 1 fully saturated rings. The van der Waals surface area contributed by atoms with Gasteiger partial charge in [-0.05, 0) is 36.8 Å². The maximum absolute atomic E-state index is 13.1. The van der Waals surface area contributed by atoms with Crippen molar-refractivity contribution < 1.29 is 9.59 Å². The van der Waals surface area contributed by atoms with Crippen LogP contribution in [-0.4, -0.2) is 43.8 Å². The summed E-state index contributed by atoms with van der Waals surface area (Å²) >= 11 is 0. The van der Waals surface area contributed by atoms with E-state index >= 15 is 0 Å². The minimum absolute atomic E-state index is 0.216. The Labute approximate surface area is 157 Å². The highest BCUT2D eigenvalue weighted by atomic mass is 16.2. The van der Waals surface area contributed by atoms with Crippen LogP contribution in [0.2, 0.25) is 0 Å². The lowest BCUT2D eigenvalue weighted by molar-refractivity contribution is -0.122. The number of carbonyl (C=O) groups is 2. The maximum atomic E-state index is 13.1. The van der Waals surface area contributed by atoms with Gasteiger partial charge >= 0.3 is 0 Å². The van der Waals surface area contributed by atoms with Gasteiger partial charge < -0.3 is 16.4 Å². The maximum Gasteiger partial charge on any atom is 0.277 e. The lowest BCUT2D eigenvalue weighted by atomic mass is 9.92. The second kappa shape index (κ2) is 7.11. The number of benzene rings is 1. The van der Waals surface area contributed by atoms with Crippen LogP contribution in [0.4, 0.5) is 0 Å². The zero-order valence-corrected chi connectivity index (χ0v) is 15.1.